The van der Waals surface area contributed by atoms with E-state index < -0.39 is 12.1 Å². The van der Waals surface area contributed by atoms with Gasteiger partial charge in [-0.15, -0.1) is 0 Å². The van der Waals surface area contributed by atoms with Gasteiger partial charge in [-0.05, 0) is 17.5 Å². The van der Waals surface area contributed by atoms with Crippen molar-refractivity contribution in [3.05, 3.63) is 90.0 Å². The number of hydrogen-bond donors (Lipinski definition) is 2. The molecule has 130 valence electrons. The summed E-state index contributed by atoms with van der Waals surface area (Å²) in [6.07, 6.45) is 3.17. The Kier molecular flexibility index (Phi) is 5.95. The van der Waals surface area contributed by atoms with Crippen LogP contribution in [-0.2, 0) is 24.5 Å². The van der Waals surface area contributed by atoms with Gasteiger partial charge in [-0.3, -0.25) is 0 Å². The third-order valence-electron chi connectivity index (χ3n) is 4.07. The van der Waals surface area contributed by atoms with Gasteiger partial charge >= 0.3 is 0 Å². The molecule has 0 aliphatic carbocycles. The van der Waals surface area contributed by atoms with E-state index >= 15 is 0 Å². The number of benzene rings is 2. The quantitative estimate of drug-likeness (QED) is 0.663. The van der Waals surface area contributed by atoms with Crippen LogP contribution < -0.4 is 5.73 Å². The molecule has 3 N–H and O–H groups in total. The van der Waals surface area contributed by atoms with Crippen LogP contribution in [0.25, 0.3) is 0 Å². The Hall–Kier alpha value is -2.47. The molecule has 3 aromatic rings. The molecule has 0 amide bonds. The predicted octanol–water partition coefficient (Wildman–Crippen LogP) is 2.66. The second-order valence-electron chi connectivity index (χ2n) is 6.02. The van der Waals surface area contributed by atoms with E-state index in [1.54, 1.807) is 17.0 Å². The van der Waals surface area contributed by atoms with Gasteiger partial charge in [0.15, 0.2) is 0 Å². The minimum Gasteiger partial charge on any atom is -0.384 e. The fraction of sp³-hybridized carbons (Fsp3) is 0.250. The molecule has 0 aliphatic heterocycles. The lowest BCUT2D eigenvalue weighted by molar-refractivity contribution is 0.0518. The number of nitrogens with zero attached hydrogens (tertiary/aromatic N) is 2. The summed E-state index contributed by atoms with van der Waals surface area (Å²) >= 11 is 0. The highest BCUT2D eigenvalue weighted by molar-refractivity contribution is 5.17. The summed E-state index contributed by atoms with van der Waals surface area (Å²) in [5, 5.41) is 10.6. The van der Waals surface area contributed by atoms with Crippen LogP contribution in [0.2, 0.25) is 0 Å². The van der Waals surface area contributed by atoms with Crippen molar-refractivity contribution in [3.8, 4) is 0 Å². The largest absolute Gasteiger partial charge is 0.384 e. The molecule has 1 heterocycles. The summed E-state index contributed by atoms with van der Waals surface area (Å²) < 4.78 is 7.51. The predicted molar refractivity (Wildman–Crippen MR) is 96.5 cm³/mol. The second kappa shape index (κ2) is 8.58. The van der Waals surface area contributed by atoms with Gasteiger partial charge in [0.25, 0.3) is 0 Å². The Morgan fingerprint density at radius 1 is 1.00 bits per heavy atom. The minimum atomic E-state index is -0.851. The van der Waals surface area contributed by atoms with Crippen LogP contribution in [0.1, 0.15) is 23.1 Å². The summed E-state index contributed by atoms with van der Waals surface area (Å²) in [4.78, 5) is 4.26. The maximum Gasteiger partial charge on any atom is 0.141 e. The molecule has 2 atom stereocenters. The first-order valence-electron chi connectivity index (χ1n) is 8.34. The van der Waals surface area contributed by atoms with Crippen molar-refractivity contribution in [2.75, 3.05) is 0 Å². The van der Waals surface area contributed by atoms with Gasteiger partial charge in [-0.25, -0.2) is 4.98 Å². The zero-order valence-electron chi connectivity index (χ0n) is 14.0. The maximum atomic E-state index is 10.6. The van der Waals surface area contributed by atoms with Gasteiger partial charge in [0, 0.05) is 18.4 Å². The van der Waals surface area contributed by atoms with Crippen molar-refractivity contribution in [1.82, 2.24) is 9.55 Å². The molecule has 5 heteroatoms. The van der Waals surface area contributed by atoms with E-state index in [9.17, 15) is 5.11 Å². The van der Waals surface area contributed by atoms with Gasteiger partial charge in [0.05, 0.1) is 6.61 Å². The molecule has 0 aliphatic rings. The summed E-state index contributed by atoms with van der Waals surface area (Å²) in [6, 6.07) is 19.4. The number of aliphatic hydroxyl groups is 1. The molecular formula is C20H23N3O2. The third kappa shape index (κ3) is 4.76. The average Bonchev–Trinajstić information content (AvgIpc) is 3.11. The van der Waals surface area contributed by atoms with E-state index in [0.717, 1.165) is 11.1 Å². The topological polar surface area (TPSA) is 73.3 Å². The summed E-state index contributed by atoms with van der Waals surface area (Å²) in [5.74, 6) is 0.525. The molecular weight excluding hydrogens is 314 g/mol. The first-order chi connectivity index (χ1) is 12.2. The zero-order valence-corrected chi connectivity index (χ0v) is 14.0. The van der Waals surface area contributed by atoms with Crippen molar-refractivity contribution in [1.29, 1.82) is 0 Å². The smallest absolute Gasteiger partial charge is 0.141 e. The van der Waals surface area contributed by atoms with Crippen molar-refractivity contribution >= 4 is 0 Å². The molecule has 0 spiro atoms. The lowest BCUT2D eigenvalue weighted by Gasteiger charge is -2.20. The van der Waals surface area contributed by atoms with Gasteiger partial charge in [-0.2, -0.15) is 0 Å². The molecule has 0 saturated heterocycles. The number of aliphatic hydroxyl groups excluding tert-OH is 1. The Labute approximate surface area is 147 Å². The molecule has 5 nitrogen and oxygen atoms in total. The number of hydrogen-bond acceptors (Lipinski definition) is 4. The lowest BCUT2D eigenvalue weighted by Crippen LogP contribution is -2.32. The van der Waals surface area contributed by atoms with Crippen molar-refractivity contribution in [2.24, 2.45) is 5.73 Å². The molecule has 3 rings (SSSR count). The Balaban J connectivity index is 1.58. The number of nitrogens with two attached hydrogens (primary N) is 1. The molecule has 25 heavy (non-hydrogen) atoms. The van der Waals surface area contributed by atoms with Crippen LogP contribution in [0.3, 0.4) is 0 Å². The first kappa shape index (κ1) is 17.4. The number of aromatic nitrogens is 2. The summed E-state index contributed by atoms with van der Waals surface area (Å²) in [6.45, 7) is 0.823. The van der Waals surface area contributed by atoms with E-state index in [-0.39, 0.29) is 0 Å². The summed E-state index contributed by atoms with van der Waals surface area (Å²) in [5.41, 5.74) is 8.38. The molecule has 0 bridgehead atoms. The first-order valence-corrected chi connectivity index (χ1v) is 8.34. The van der Waals surface area contributed by atoms with Gasteiger partial charge < -0.3 is 20.1 Å². The second-order valence-corrected chi connectivity index (χ2v) is 6.02. The molecule has 1 aromatic heterocycles. The molecule has 0 saturated carbocycles. The van der Waals surface area contributed by atoms with Crippen LogP contribution in [0, 0.1) is 0 Å². The monoisotopic (exact) mass is 337 g/mol. The minimum absolute atomic E-state index is 0.319. The van der Waals surface area contributed by atoms with E-state index in [4.69, 9.17) is 10.5 Å². The number of ether oxygens (including phenoxy) is 1. The fourth-order valence-electron chi connectivity index (χ4n) is 2.72. The van der Waals surface area contributed by atoms with Crippen LogP contribution in [0.4, 0.5) is 0 Å². The molecule has 0 fully saturated rings. The zero-order chi connectivity index (χ0) is 17.5. The fourth-order valence-corrected chi connectivity index (χ4v) is 2.72. The third-order valence-corrected chi connectivity index (χ3v) is 4.07. The Morgan fingerprint density at radius 3 is 2.32 bits per heavy atom. The normalized spacial score (nSPS) is 13.5. The van der Waals surface area contributed by atoms with Crippen molar-refractivity contribution < 1.29 is 9.84 Å². The van der Waals surface area contributed by atoms with Crippen LogP contribution in [0.5, 0.6) is 0 Å². The van der Waals surface area contributed by atoms with Crippen LogP contribution in [-0.4, -0.2) is 20.7 Å². The Bertz CT molecular complexity index is 759. The molecule has 1 unspecified atom stereocenters. The SMILES string of the molecule is NC(Cc1ccccc1)[C@H](O)c1nccn1COCc1ccccc1. The molecule has 2 aromatic carbocycles. The highest BCUT2D eigenvalue weighted by Crippen LogP contribution is 2.17. The average molecular weight is 337 g/mol. The highest BCUT2D eigenvalue weighted by atomic mass is 16.5. The number of imidazole rings is 1. The Morgan fingerprint density at radius 2 is 1.64 bits per heavy atom. The standard InChI is InChI=1S/C20H23N3O2/c21-18(13-16-7-3-1-4-8-16)19(24)20-22-11-12-23(20)15-25-14-17-9-5-2-6-10-17/h1-12,18-19,24H,13-15,21H2/t18?,19-/m0/s1. The lowest BCUT2D eigenvalue weighted by atomic mass is 10.0. The van der Waals surface area contributed by atoms with Crippen molar-refractivity contribution in [2.45, 2.75) is 31.9 Å². The maximum absolute atomic E-state index is 10.6. The molecule has 0 radical (unpaired) electrons. The van der Waals surface area contributed by atoms with E-state index in [2.05, 4.69) is 4.98 Å². The van der Waals surface area contributed by atoms with E-state index in [1.165, 1.54) is 0 Å². The van der Waals surface area contributed by atoms with Gasteiger partial charge in [0.1, 0.15) is 18.7 Å². The number of rotatable bonds is 8. The van der Waals surface area contributed by atoms with E-state index in [0.29, 0.717) is 25.6 Å². The van der Waals surface area contributed by atoms with Crippen LogP contribution >= 0.6 is 0 Å². The van der Waals surface area contributed by atoms with Gasteiger partial charge in [-0.1, -0.05) is 60.7 Å². The summed E-state index contributed by atoms with van der Waals surface area (Å²) in [7, 11) is 0. The van der Waals surface area contributed by atoms with E-state index in [1.807, 2.05) is 60.7 Å². The van der Waals surface area contributed by atoms with Crippen LogP contribution in [0.15, 0.2) is 73.1 Å². The van der Waals surface area contributed by atoms with Crippen molar-refractivity contribution in [3.63, 3.8) is 0 Å². The van der Waals surface area contributed by atoms with Gasteiger partial charge in [0.2, 0.25) is 0 Å². The highest BCUT2D eigenvalue weighted by Gasteiger charge is 2.21.